The van der Waals surface area contributed by atoms with E-state index in [0.29, 0.717) is 54.1 Å². The van der Waals surface area contributed by atoms with Gasteiger partial charge in [-0.1, -0.05) is 24.3 Å². The summed E-state index contributed by atoms with van der Waals surface area (Å²) in [5, 5.41) is 3.47. The predicted molar refractivity (Wildman–Crippen MR) is 140 cm³/mol. The molecule has 2 aliphatic carbocycles. The van der Waals surface area contributed by atoms with Crippen molar-refractivity contribution >= 4 is 11.6 Å². The standard InChI is InChI=1S/C31H32FNO4/c1-3-8-20-16-21(17-27(36-4-2)31(20)37-18-19-9-5-10-22(32)15-19)28-29-23(11-6-13-25(29)34)33-24-12-7-14-26(35)30(24)28/h3,5,9-10,15-17,28,33H,1,4,6-8,11-14,18H2,2H3. The summed E-state index contributed by atoms with van der Waals surface area (Å²) in [6, 6.07) is 10.2. The maximum atomic E-state index is 13.7. The van der Waals surface area contributed by atoms with E-state index in [1.807, 2.05) is 25.1 Å². The highest BCUT2D eigenvalue weighted by Crippen LogP contribution is 2.47. The number of allylic oxidation sites excluding steroid dienone is 5. The zero-order valence-electron chi connectivity index (χ0n) is 21.2. The monoisotopic (exact) mass is 501 g/mol. The first-order valence-corrected chi connectivity index (χ1v) is 13.1. The highest BCUT2D eigenvalue weighted by Gasteiger charge is 2.40. The minimum absolute atomic E-state index is 0.0957. The average Bonchev–Trinajstić information content (AvgIpc) is 2.88. The van der Waals surface area contributed by atoms with Crippen molar-refractivity contribution in [3.05, 3.63) is 94.1 Å². The van der Waals surface area contributed by atoms with Gasteiger partial charge in [0.15, 0.2) is 23.1 Å². The summed E-state index contributed by atoms with van der Waals surface area (Å²) < 4.78 is 26.0. The second-order valence-electron chi connectivity index (χ2n) is 9.75. The Morgan fingerprint density at radius 3 is 2.32 bits per heavy atom. The molecule has 5 rings (SSSR count). The lowest BCUT2D eigenvalue weighted by Crippen LogP contribution is -2.36. The summed E-state index contributed by atoms with van der Waals surface area (Å²) >= 11 is 0. The summed E-state index contributed by atoms with van der Waals surface area (Å²) in [5.74, 6) is 0.560. The fourth-order valence-electron chi connectivity index (χ4n) is 5.68. The largest absolute Gasteiger partial charge is 0.490 e. The molecule has 6 heteroatoms. The molecule has 3 aliphatic rings. The van der Waals surface area contributed by atoms with Gasteiger partial charge in [-0.3, -0.25) is 9.59 Å². The first-order valence-electron chi connectivity index (χ1n) is 13.1. The molecule has 0 spiro atoms. The fourth-order valence-corrected chi connectivity index (χ4v) is 5.68. The minimum atomic E-state index is -0.424. The minimum Gasteiger partial charge on any atom is -0.490 e. The number of ketones is 2. The Hall–Kier alpha value is -3.67. The van der Waals surface area contributed by atoms with E-state index in [-0.39, 0.29) is 24.0 Å². The number of carbonyl (C=O) groups excluding carboxylic acids is 2. The molecule has 0 atom stereocenters. The van der Waals surface area contributed by atoms with Gasteiger partial charge in [0.05, 0.1) is 6.61 Å². The van der Waals surface area contributed by atoms with Gasteiger partial charge in [0.25, 0.3) is 0 Å². The average molecular weight is 502 g/mol. The normalized spacial score (nSPS) is 17.8. The van der Waals surface area contributed by atoms with Crippen molar-refractivity contribution in [3.8, 4) is 11.5 Å². The Morgan fingerprint density at radius 2 is 1.70 bits per heavy atom. The molecule has 2 aromatic rings. The molecule has 192 valence electrons. The molecule has 37 heavy (non-hydrogen) atoms. The number of rotatable bonds is 8. The molecule has 0 bridgehead atoms. The van der Waals surface area contributed by atoms with Crippen molar-refractivity contribution in [2.75, 3.05) is 6.61 Å². The maximum absolute atomic E-state index is 13.7. The van der Waals surface area contributed by atoms with E-state index >= 15 is 0 Å². The molecule has 0 saturated carbocycles. The van der Waals surface area contributed by atoms with Crippen LogP contribution in [0.3, 0.4) is 0 Å². The Balaban J connectivity index is 1.62. The summed E-state index contributed by atoms with van der Waals surface area (Å²) in [4.78, 5) is 26.5. The van der Waals surface area contributed by atoms with Crippen molar-refractivity contribution in [2.45, 2.75) is 64.4 Å². The van der Waals surface area contributed by atoms with Gasteiger partial charge < -0.3 is 14.8 Å². The van der Waals surface area contributed by atoms with E-state index < -0.39 is 5.92 Å². The molecule has 0 unspecified atom stereocenters. The maximum Gasteiger partial charge on any atom is 0.165 e. The molecule has 1 heterocycles. The number of halogens is 1. The summed E-state index contributed by atoms with van der Waals surface area (Å²) in [6.45, 7) is 6.41. The quantitative estimate of drug-likeness (QED) is 0.434. The van der Waals surface area contributed by atoms with Crippen LogP contribution in [0.25, 0.3) is 0 Å². The molecular weight excluding hydrogens is 469 g/mol. The van der Waals surface area contributed by atoms with Crippen LogP contribution >= 0.6 is 0 Å². The third-order valence-electron chi connectivity index (χ3n) is 7.22. The molecule has 2 aromatic carbocycles. The number of hydrogen-bond donors (Lipinski definition) is 1. The molecule has 0 radical (unpaired) electrons. The van der Waals surface area contributed by atoms with Crippen LogP contribution in [0.1, 0.15) is 68.1 Å². The molecule has 0 saturated heterocycles. The zero-order valence-corrected chi connectivity index (χ0v) is 21.2. The van der Waals surface area contributed by atoms with E-state index in [9.17, 15) is 14.0 Å². The van der Waals surface area contributed by atoms with Gasteiger partial charge in [-0.2, -0.15) is 0 Å². The van der Waals surface area contributed by atoms with Gasteiger partial charge in [0.2, 0.25) is 0 Å². The Kier molecular flexibility index (Phi) is 7.26. The lowest BCUT2D eigenvalue weighted by atomic mass is 9.71. The second kappa shape index (κ2) is 10.8. The van der Waals surface area contributed by atoms with Crippen LogP contribution < -0.4 is 14.8 Å². The molecule has 0 aromatic heterocycles. The van der Waals surface area contributed by atoms with Gasteiger partial charge >= 0.3 is 0 Å². The summed E-state index contributed by atoms with van der Waals surface area (Å²) in [6.07, 6.45) is 6.50. The molecular formula is C31H32FNO4. The number of benzene rings is 2. The van der Waals surface area contributed by atoms with Crippen molar-refractivity contribution in [3.63, 3.8) is 0 Å². The number of carbonyl (C=O) groups is 2. The number of nitrogens with one attached hydrogen (secondary N) is 1. The number of dihydropyridines is 1. The topological polar surface area (TPSA) is 64.6 Å². The predicted octanol–water partition coefficient (Wildman–Crippen LogP) is 6.23. The smallest absolute Gasteiger partial charge is 0.165 e. The molecule has 1 aliphatic heterocycles. The van der Waals surface area contributed by atoms with Crippen molar-refractivity contribution in [2.24, 2.45) is 0 Å². The van der Waals surface area contributed by atoms with Crippen LogP contribution in [-0.2, 0) is 22.6 Å². The van der Waals surface area contributed by atoms with E-state index in [1.165, 1.54) is 12.1 Å². The lowest BCUT2D eigenvalue weighted by molar-refractivity contribution is -0.117. The number of ether oxygens (including phenoxy) is 2. The highest BCUT2D eigenvalue weighted by atomic mass is 19.1. The fraction of sp³-hybridized carbons (Fsp3) is 0.355. The van der Waals surface area contributed by atoms with Crippen LogP contribution in [0, 0.1) is 5.82 Å². The van der Waals surface area contributed by atoms with Crippen molar-refractivity contribution < 1.29 is 23.5 Å². The van der Waals surface area contributed by atoms with Gasteiger partial charge in [-0.15, -0.1) is 6.58 Å². The molecule has 1 N–H and O–H groups in total. The Bertz CT molecular complexity index is 1280. The van der Waals surface area contributed by atoms with Gasteiger partial charge in [-0.25, -0.2) is 4.39 Å². The second-order valence-corrected chi connectivity index (χ2v) is 9.75. The third kappa shape index (κ3) is 4.97. The van der Waals surface area contributed by atoms with Crippen molar-refractivity contribution in [1.82, 2.24) is 5.32 Å². The lowest BCUT2D eigenvalue weighted by Gasteiger charge is -2.37. The van der Waals surface area contributed by atoms with Crippen LogP contribution in [0.2, 0.25) is 0 Å². The summed E-state index contributed by atoms with van der Waals surface area (Å²) in [7, 11) is 0. The summed E-state index contributed by atoms with van der Waals surface area (Å²) in [5.41, 5.74) is 5.72. The van der Waals surface area contributed by atoms with Gasteiger partial charge in [-0.05, 0) is 68.4 Å². The van der Waals surface area contributed by atoms with Crippen molar-refractivity contribution in [1.29, 1.82) is 0 Å². The van der Waals surface area contributed by atoms with Gasteiger partial charge in [0.1, 0.15) is 12.4 Å². The van der Waals surface area contributed by atoms with Gasteiger partial charge in [0, 0.05) is 46.9 Å². The van der Waals surface area contributed by atoms with Crippen LogP contribution in [-0.4, -0.2) is 18.2 Å². The first-order chi connectivity index (χ1) is 18.0. The molecule has 0 fully saturated rings. The number of hydrogen-bond acceptors (Lipinski definition) is 5. The van der Waals surface area contributed by atoms with E-state index in [4.69, 9.17) is 9.47 Å². The third-order valence-corrected chi connectivity index (χ3v) is 7.22. The first kappa shape index (κ1) is 25.0. The van der Waals surface area contributed by atoms with E-state index in [2.05, 4.69) is 11.9 Å². The van der Waals surface area contributed by atoms with E-state index in [1.54, 1.807) is 12.1 Å². The Labute approximate surface area is 217 Å². The Morgan fingerprint density at radius 1 is 1.00 bits per heavy atom. The molecule has 5 nitrogen and oxygen atoms in total. The highest BCUT2D eigenvalue weighted by molar-refractivity contribution is 6.06. The van der Waals surface area contributed by atoms with Crippen LogP contribution in [0.4, 0.5) is 4.39 Å². The van der Waals surface area contributed by atoms with E-state index in [0.717, 1.165) is 48.2 Å². The number of Topliss-reactive ketones (excluding diaryl/α,β-unsaturated/α-hetero) is 2. The van der Waals surface area contributed by atoms with Crippen LogP contribution in [0.5, 0.6) is 11.5 Å². The van der Waals surface area contributed by atoms with Crippen LogP contribution in [0.15, 0.2) is 71.6 Å². The molecule has 0 amide bonds. The zero-order chi connectivity index (χ0) is 25.9. The SMILES string of the molecule is C=CCc1cc(C2C3=C(CCCC3=O)NC3=C2C(=O)CCC3)cc(OCC)c1OCc1cccc(F)c1.